The Labute approximate surface area is 114 Å². The maximum Gasteiger partial charge on any atom is 0.169 e. The van der Waals surface area contributed by atoms with Gasteiger partial charge in [-0.2, -0.15) is 0 Å². The molecule has 0 aliphatic carbocycles. The van der Waals surface area contributed by atoms with Gasteiger partial charge in [-0.1, -0.05) is 13.0 Å². The molecule has 2 aromatic carbocycles. The van der Waals surface area contributed by atoms with Crippen LogP contribution in [0.5, 0.6) is 17.2 Å². The number of nitrogen functional groups attached to an aromatic ring is 1. The molecule has 19 heavy (non-hydrogen) atoms. The molecule has 0 unspecified atom stereocenters. The summed E-state index contributed by atoms with van der Waals surface area (Å²) in [4.78, 5) is 0. The van der Waals surface area contributed by atoms with Crippen LogP contribution in [-0.2, 0) is 6.42 Å². The molecule has 0 spiro atoms. The van der Waals surface area contributed by atoms with Crippen molar-refractivity contribution in [2.24, 2.45) is 0 Å². The minimum absolute atomic E-state index is 0.616. The second-order valence-electron chi connectivity index (χ2n) is 4.24. The van der Waals surface area contributed by atoms with Gasteiger partial charge in [0.05, 0.1) is 6.61 Å². The van der Waals surface area contributed by atoms with E-state index in [0.717, 1.165) is 29.4 Å². The molecule has 0 aliphatic rings. The van der Waals surface area contributed by atoms with Crippen LogP contribution >= 0.6 is 0 Å². The molecular formula is C16H19NO2. The summed E-state index contributed by atoms with van der Waals surface area (Å²) in [5.41, 5.74) is 7.61. The van der Waals surface area contributed by atoms with E-state index in [1.807, 2.05) is 43.3 Å². The molecule has 0 saturated heterocycles. The van der Waals surface area contributed by atoms with Crippen LogP contribution in [0.25, 0.3) is 0 Å². The molecule has 3 nitrogen and oxygen atoms in total. The van der Waals surface area contributed by atoms with Gasteiger partial charge < -0.3 is 15.2 Å². The van der Waals surface area contributed by atoms with Gasteiger partial charge in [-0.05, 0) is 55.3 Å². The topological polar surface area (TPSA) is 44.5 Å². The van der Waals surface area contributed by atoms with Crippen LogP contribution < -0.4 is 15.2 Å². The number of anilines is 1. The zero-order valence-corrected chi connectivity index (χ0v) is 11.3. The summed E-state index contributed by atoms with van der Waals surface area (Å²) in [6, 6.07) is 13.3. The molecule has 0 heterocycles. The molecule has 2 N–H and O–H groups in total. The van der Waals surface area contributed by atoms with Gasteiger partial charge in [-0.15, -0.1) is 0 Å². The maximum absolute atomic E-state index is 5.84. The van der Waals surface area contributed by atoms with E-state index in [9.17, 15) is 0 Å². The van der Waals surface area contributed by atoms with E-state index in [4.69, 9.17) is 15.2 Å². The first-order valence-electron chi connectivity index (χ1n) is 6.52. The lowest BCUT2D eigenvalue weighted by atomic mass is 10.1. The Morgan fingerprint density at radius 1 is 0.947 bits per heavy atom. The number of ether oxygens (including phenoxy) is 2. The van der Waals surface area contributed by atoms with E-state index < -0.39 is 0 Å². The Bertz CT molecular complexity index is 535. The average Bonchev–Trinajstić information content (AvgIpc) is 2.43. The fourth-order valence-electron chi connectivity index (χ4n) is 1.79. The largest absolute Gasteiger partial charge is 0.490 e. The predicted molar refractivity (Wildman–Crippen MR) is 77.9 cm³/mol. The Morgan fingerprint density at radius 2 is 1.68 bits per heavy atom. The van der Waals surface area contributed by atoms with Crippen molar-refractivity contribution in [3.05, 3.63) is 48.0 Å². The first kappa shape index (κ1) is 13.3. The van der Waals surface area contributed by atoms with Gasteiger partial charge in [0.25, 0.3) is 0 Å². The van der Waals surface area contributed by atoms with Crippen LogP contribution in [-0.4, -0.2) is 6.61 Å². The molecule has 2 aromatic rings. The summed E-state index contributed by atoms with van der Waals surface area (Å²) >= 11 is 0. The SMILES string of the molecule is CCOc1cc(CC)ccc1Oc1ccc(N)cc1. The lowest BCUT2D eigenvalue weighted by Gasteiger charge is -2.13. The second kappa shape index (κ2) is 6.14. The molecule has 0 amide bonds. The van der Waals surface area contributed by atoms with Crippen molar-refractivity contribution in [3.8, 4) is 17.2 Å². The highest BCUT2D eigenvalue weighted by Gasteiger charge is 2.07. The number of rotatable bonds is 5. The summed E-state index contributed by atoms with van der Waals surface area (Å²) in [6.45, 7) is 4.70. The molecule has 0 fully saturated rings. The molecule has 0 saturated carbocycles. The van der Waals surface area contributed by atoms with E-state index in [0.29, 0.717) is 6.61 Å². The number of aryl methyl sites for hydroxylation is 1. The van der Waals surface area contributed by atoms with Crippen LogP contribution in [0.4, 0.5) is 5.69 Å². The summed E-state index contributed by atoms with van der Waals surface area (Å²) in [7, 11) is 0. The fraction of sp³-hybridized carbons (Fsp3) is 0.250. The normalized spacial score (nSPS) is 10.2. The highest BCUT2D eigenvalue weighted by molar-refractivity contribution is 5.47. The van der Waals surface area contributed by atoms with Crippen molar-refractivity contribution in [1.29, 1.82) is 0 Å². The van der Waals surface area contributed by atoms with Gasteiger partial charge in [-0.3, -0.25) is 0 Å². The van der Waals surface area contributed by atoms with Crippen LogP contribution in [0.2, 0.25) is 0 Å². The highest BCUT2D eigenvalue weighted by atomic mass is 16.5. The van der Waals surface area contributed by atoms with Gasteiger partial charge in [0, 0.05) is 5.69 Å². The van der Waals surface area contributed by atoms with Gasteiger partial charge in [0.15, 0.2) is 11.5 Å². The highest BCUT2D eigenvalue weighted by Crippen LogP contribution is 2.33. The monoisotopic (exact) mass is 257 g/mol. The summed E-state index contributed by atoms with van der Waals surface area (Å²) in [5, 5.41) is 0. The zero-order valence-electron chi connectivity index (χ0n) is 11.3. The van der Waals surface area contributed by atoms with E-state index in [1.165, 1.54) is 5.56 Å². The van der Waals surface area contributed by atoms with E-state index in [2.05, 4.69) is 13.0 Å². The van der Waals surface area contributed by atoms with Crippen molar-refractivity contribution in [1.82, 2.24) is 0 Å². The van der Waals surface area contributed by atoms with Gasteiger partial charge in [0.2, 0.25) is 0 Å². The van der Waals surface area contributed by atoms with E-state index in [-0.39, 0.29) is 0 Å². The van der Waals surface area contributed by atoms with Gasteiger partial charge in [-0.25, -0.2) is 0 Å². The molecule has 100 valence electrons. The lowest BCUT2D eigenvalue weighted by molar-refractivity contribution is 0.321. The third-order valence-electron chi connectivity index (χ3n) is 2.82. The minimum atomic E-state index is 0.616. The van der Waals surface area contributed by atoms with Gasteiger partial charge >= 0.3 is 0 Å². The van der Waals surface area contributed by atoms with Crippen LogP contribution in [0.3, 0.4) is 0 Å². The van der Waals surface area contributed by atoms with E-state index in [1.54, 1.807) is 0 Å². The Hall–Kier alpha value is -2.16. The van der Waals surface area contributed by atoms with Crippen LogP contribution in [0.1, 0.15) is 19.4 Å². The first-order chi connectivity index (χ1) is 9.22. The fourth-order valence-corrected chi connectivity index (χ4v) is 1.79. The molecule has 0 bridgehead atoms. The molecule has 3 heteroatoms. The third kappa shape index (κ3) is 3.41. The van der Waals surface area contributed by atoms with Crippen molar-refractivity contribution < 1.29 is 9.47 Å². The minimum Gasteiger partial charge on any atom is -0.490 e. The lowest BCUT2D eigenvalue weighted by Crippen LogP contribution is -1.96. The standard InChI is InChI=1S/C16H19NO2/c1-3-12-5-10-15(16(11-12)18-4-2)19-14-8-6-13(17)7-9-14/h5-11H,3-4,17H2,1-2H3. The Morgan fingerprint density at radius 3 is 2.32 bits per heavy atom. The third-order valence-corrected chi connectivity index (χ3v) is 2.82. The van der Waals surface area contributed by atoms with Gasteiger partial charge in [0.1, 0.15) is 5.75 Å². The maximum atomic E-state index is 5.84. The Kier molecular flexibility index (Phi) is 4.29. The number of nitrogens with two attached hydrogens (primary N) is 1. The number of hydrogen-bond donors (Lipinski definition) is 1. The molecule has 0 aliphatic heterocycles. The smallest absolute Gasteiger partial charge is 0.169 e. The zero-order chi connectivity index (χ0) is 13.7. The Balaban J connectivity index is 2.25. The van der Waals surface area contributed by atoms with Crippen molar-refractivity contribution in [2.45, 2.75) is 20.3 Å². The second-order valence-corrected chi connectivity index (χ2v) is 4.24. The summed E-state index contributed by atoms with van der Waals surface area (Å²) in [5.74, 6) is 2.25. The quantitative estimate of drug-likeness (QED) is 0.823. The molecular weight excluding hydrogens is 238 g/mol. The summed E-state index contributed by atoms with van der Waals surface area (Å²) in [6.07, 6.45) is 0.974. The summed E-state index contributed by atoms with van der Waals surface area (Å²) < 4.78 is 11.5. The molecule has 2 rings (SSSR count). The predicted octanol–water partition coefficient (Wildman–Crippen LogP) is 4.02. The number of benzene rings is 2. The average molecular weight is 257 g/mol. The first-order valence-corrected chi connectivity index (χ1v) is 6.52. The molecule has 0 atom stereocenters. The van der Waals surface area contributed by atoms with Crippen LogP contribution in [0.15, 0.2) is 42.5 Å². The molecule has 0 radical (unpaired) electrons. The van der Waals surface area contributed by atoms with Crippen molar-refractivity contribution >= 4 is 5.69 Å². The van der Waals surface area contributed by atoms with E-state index >= 15 is 0 Å². The van der Waals surface area contributed by atoms with Crippen molar-refractivity contribution in [3.63, 3.8) is 0 Å². The number of hydrogen-bond acceptors (Lipinski definition) is 3. The molecule has 0 aromatic heterocycles. The van der Waals surface area contributed by atoms with Crippen LogP contribution in [0, 0.1) is 0 Å². The van der Waals surface area contributed by atoms with Crippen molar-refractivity contribution in [2.75, 3.05) is 12.3 Å².